The minimum atomic E-state index is -0.444. The van der Waals surface area contributed by atoms with Crippen molar-refractivity contribution in [3.63, 3.8) is 0 Å². The molecule has 0 radical (unpaired) electrons. The summed E-state index contributed by atoms with van der Waals surface area (Å²) >= 11 is 0. The maximum Gasteiger partial charge on any atom is 0.122 e. The first-order valence-corrected chi connectivity index (χ1v) is 5.37. The van der Waals surface area contributed by atoms with Crippen LogP contribution in [0.4, 0.5) is 0 Å². The number of aliphatic hydroxyl groups is 1. The summed E-state index contributed by atoms with van der Waals surface area (Å²) in [7, 11) is 0. The van der Waals surface area contributed by atoms with Crippen LogP contribution in [0.5, 0.6) is 5.75 Å². The maximum absolute atomic E-state index is 9.60. The molecule has 1 aromatic carbocycles. The highest BCUT2D eigenvalue weighted by molar-refractivity contribution is 5.42. The summed E-state index contributed by atoms with van der Waals surface area (Å²) in [6, 6.07) is 4.00. The lowest BCUT2D eigenvalue weighted by atomic mass is 10.0. The predicted molar refractivity (Wildman–Crippen MR) is 62.3 cm³/mol. The molecule has 0 aliphatic heterocycles. The molecule has 0 saturated heterocycles. The van der Waals surface area contributed by atoms with E-state index in [2.05, 4.69) is 6.07 Å². The van der Waals surface area contributed by atoms with Crippen LogP contribution >= 0.6 is 0 Å². The molecular formula is C13H20O2. The Morgan fingerprint density at radius 2 is 1.67 bits per heavy atom. The van der Waals surface area contributed by atoms with E-state index in [0.29, 0.717) is 0 Å². The number of benzene rings is 1. The Balaban J connectivity index is 3.11. The minimum Gasteiger partial charge on any atom is -0.491 e. The van der Waals surface area contributed by atoms with Crippen molar-refractivity contribution in [3.8, 4) is 5.75 Å². The van der Waals surface area contributed by atoms with E-state index in [9.17, 15) is 5.11 Å². The molecule has 2 heteroatoms. The molecule has 0 amide bonds. The number of rotatable bonds is 3. The molecule has 0 spiro atoms. The Morgan fingerprint density at radius 1 is 1.07 bits per heavy atom. The second-order valence-electron chi connectivity index (χ2n) is 4.32. The second kappa shape index (κ2) is 4.67. The van der Waals surface area contributed by atoms with E-state index < -0.39 is 6.10 Å². The lowest BCUT2D eigenvalue weighted by molar-refractivity contribution is 0.196. The van der Waals surface area contributed by atoms with Gasteiger partial charge in [0.05, 0.1) is 12.2 Å². The first-order valence-electron chi connectivity index (χ1n) is 5.37. The van der Waals surface area contributed by atoms with Gasteiger partial charge in [0, 0.05) is 0 Å². The first-order chi connectivity index (χ1) is 6.91. The van der Waals surface area contributed by atoms with Gasteiger partial charge in [0.15, 0.2) is 0 Å². The van der Waals surface area contributed by atoms with E-state index in [4.69, 9.17) is 4.74 Å². The van der Waals surface area contributed by atoms with Crippen molar-refractivity contribution in [1.29, 1.82) is 0 Å². The van der Waals surface area contributed by atoms with Gasteiger partial charge >= 0.3 is 0 Å². The molecule has 15 heavy (non-hydrogen) atoms. The standard InChI is InChI=1S/C13H20O2/c1-8(2)15-13-7-12(11(5)14)9(3)6-10(13)4/h6-8,11,14H,1-5H3. The van der Waals surface area contributed by atoms with Gasteiger partial charge in [0.25, 0.3) is 0 Å². The van der Waals surface area contributed by atoms with Gasteiger partial charge in [-0.1, -0.05) is 6.07 Å². The number of aliphatic hydroxyl groups excluding tert-OH is 1. The summed E-state index contributed by atoms with van der Waals surface area (Å²) in [5.74, 6) is 0.867. The van der Waals surface area contributed by atoms with E-state index in [1.807, 2.05) is 33.8 Å². The topological polar surface area (TPSA) is 29.5 Å². The fourth-order valence-corrected chi connectivity index (χ4v) is 1.68. The van der Waals surface area contributed by atoms with Crippen LogP contribution in [0.1, 0.15) is 43.6 Å². The molecule has 1 atom stereocenters. The molecule has 84 valence electrons. The van der Waals surface area contributed by atoms with Gasteiger partial charge in [-0.25, -0.2) is 0 Å². The molecule has 2 nitrogen and oxygen atoms in total. The zero-order valence-corrected chi connectivity index (χ0v) is 10.2. The van der Waals surface area contributed by atoms with Crippen LogP contribution in [0, 0.1) is 13.8 Å². The van der Waals surface area contributed by atoms with Gasteiger partial charge in [-0.3, -0.25) is 0 Å². The highest BCUT2D eigenvalue weighted by Crippen LogP contribution is 2.27. The van der Waals surface area contributed by atoms with E-state index in [0.717, 1.165) is 22.4 Å². The average molecular weight is 208 g/mol. The number of ether oxygens (including phenoxy) is 1. The third kappa shape index (κ3) is 2.96. The molecule has 1 N–H and O–H groups in total. The third-order valence-corrected chi connectivity index (χ3v) is 2.38. The molecule has 0 saturated carbocycles. The average Bonchev–Trinajstić information content (AvgIpc) is 2.08. The highest BCUT2D eigenvalue weighted by atomic mass is 16.5. The van der Waals surface area contributed by atoms with Gasteiger partial charge in [0.1, 0.15) is 5.75 Å². The lowest BCUT2D eigenvalue weighted by Gasteiger charge is -2.16. The van der Waals surface area contributed by atoms with Crippen LogP contribution in [0.25, 0.3) is 0 Å². The molecule has 1 aromatic rings. The van der Waals surface area contributed by atoms with Crippen LogP contribution in [0.2, 0.25) is 0 Å². The summed E-state index contributed by atoms with van der Waals surface area (Å²) in [6.07, 6.45) is -0.284. The molecule has 1 rings (SSSR count). The quantitative estimate of drug-likeness (QED) is 0.826. The zero-order chi connectivity index (χ0) is 11.6. The van der Waals surface area contributed by atoms with E-state index in [-0.39, 0.29) is 6.10 Å². The second-order valence-corrected chi connectivity index (χ2v) is 4.32. The van der Waals surface area contributed by atoms with E-state index >= 15 is 0 Å². The molecular weight excluding hydrogens is 188 g/mol. The van der Waals surface area contributed by atoms with Crippen molar-refractivity contribution in [2.24, 2.45) is 0 Å². The molecule has 0 heterocycles. The predicted octanol–water partition coefficient (Wildman–Crippen LogP) is 3.14. The van der Waals surface area contributed by atoms with Gasteiger partial charge in [-0.15, -0.1) is 0 Å². The molecule has 1 unspecified atom stereocenters. The van der Waals surface area contributed by atoms with Gasteiger partial charge < -0.3 is 9.84 Å². The maximum atomic E-state index is 9.60. The van der Waals surface area contributed by atoms with Crippen molar-refractivity contribution >= 4 is 0 Å². The molecule has 0 aliphatic rings. The van der Waals surface area contributed by atoms with Crippen molar-refractivity contribution < 1.29 is 9.84 Å². The molecule has 0 fully saturated rings. The van der Waals surface area contributed by atoms with Crippen LogP contribution in [-0.2, 0) is 0 Å². The summed E-state index contributed by atoms with van der Waals surface area (Å²) < 4.78 is 5.68. The van der Waals surface area contributed by atoms with Crippen molar-refractivity contribution in [2.75, 3.05) is 0 Å². The molecule has 0 aromatic heterocycles. The number of aryl methyl sites for hydroxylation is 2. The van der Waals surface area contributed by atoms with Crippen molar-refractivity contribution in [2.45, 2.75) is 46.8 Å². The normalized spacial score (nSPS) is 13.0. The van der Waals surface area contributed by atoms with Crippen LogP contribution < -0.4 is 4.74 Å². The largest absolute Gasteiger partial charge is 0.491 e. The van der Waals surface area contributed by atoms with E-state index in [1.165, 1.54) is 0 Å². The number of hydrogen-bond donors (Lipinski definition) is 1. The van der Waals surface area contributed by atoms with Crippen LogP contribution in [0.15, 0.2) is 12.1 Å². The summed E-state index contributed by atoms with van der Waals surface area (Å²) in [5.41, 5.74) is 3.17. The fraction of sp³-hybridized carbons (Fsp3) is 0.538. The minimum absolute atomic E-state index is 0.160. The van der Waals surface area contributed by atoms with Crippen LogP contribution in [0.3, 0.4) is 0 Å². The smallest absolute Gasteiger partial charge is 0.122 e. The van der Waals surface area contributed by atoms with Crippen LogP contribution in [-0.4, -0.2) is 11.2 Å². The zero-order valence-electron chi connectivity index (χ0n) is 10.2. The molecule has 0 aliphatic carbocycles. The lowest BCUT2D eigenvalue weighted by Crippen LogP contribution is -2.08. The third-order valence-electron chi connectivity index (χ3n) is 2.38. The summed E-state index contributed by atoms with van der Waals surface area (Å²) in [6.45, 7) is 9.81. The Kier molecular flexibility index (Phi) is 3.75. The van der Waals surface area contributed by atoms with Crippen molar-refractivity contribution in [3.05, 3.63) is 28.8 Å². The Bertz CT molecular complexity index is 341. The Morgan fingerprint density at radius 3 is 2.13 bits per heavy atom. The summed E-state index contributed by atoms with van der Waals surface area (Å²) in [5, 5.41) is 9.60. The SMILES string of the molecule is Cc1cc(C)c(C(C)O)cc1OC(C)C. The highest BCUT2D eigenvalue weighted by Gasteiger charge is 2.10. The van der Waals surface area contributed by atoms with Gasteiger partial charge in [-0.2, -0.15) is 0 Å². The fourth-order valence-electron chi connectivity index (χ4n) is 1.68. The monoisotopic (exact) mass is 208 g/mol. The van der Waals surface area contributed by atoms with E-state index in [1.54, 1.807) is 6.92 Å². The van der Waals surface area contributed by atoms with Gasteiger partial charge in [-0.05, 0) is 57.4 Å². The first kappa shape index (κ1) is 12.1. The van der Waals surface area contributed by atoms with Crippen molar-refractivity contribution in [1.82, 2.24) is 0 Å². The molecule has 0 bridgehead atoms. The van der Waals surface area contributed by atoms with Gasteiger partial charge in [0.2, 0.25) is 0 Å². The number of hydrogen-bond acceptors (Lipinski definition) is 2. The Labute approximate surface area is 91.9 Å². The summed E-state index contributed by atoms with van der Waals surface area (Å²) in [4.78, 5) is 0. The Hall–Kier alpha value is -1.02.